The summed E-state index contributed by atoms with van der Waals surface area (Å²) in [5.74, 6) is 0. The Morgan fingerprint density at radius 3 is 2.33 bits per heavy atom. The number of carbonyl (C=O) groups is 1. The van der Waals surface area contributed by atoms with Crippen LogP contribution in [0.5, 0.6) is 0 Å². The highest BCUT2D eigenvalue weighted by Gasteiger charge is 1.80. The summed E-state index contributed by atoms with van der Waals surface area (Å²) in [6, 6.07) is 0. The van der Waals surface area contributed by atoms with Crippen LogP contribution in [0.3, 0.4) is 0 Å². The van der Waals surface area contributed by atoms with E-state index in [9.17, 15) is 4.79 Å². The number of hydrogen-bond donors (Lipinski definition) is 1. The van der Waals surface area contributed by atoms with Crippen LogP contribution in [0.25, 0.3) is 0 Å². The summed E-state index contributed by atoms with van der Waals surface area (Å²) in [4.78, 5) is 10.1. The molecular weight excluding hydrogens is 152 g/mol. The summed E-state index contributed by atoms with van der Waals surface area (Å²) >= 11 is 0. The minimum absolute atomic E-state index is 0.0702. The standard InChI is InChI=1S/C10H14O2/c1-9(7-11)5-3-4-6-10(2)8-12/h3-7,12H,8H2,1-2H3. The molecule has 2 nitrogen and oxygen atoms in total. The lowest BCUT2D eigenvalue weighted by molar-refractivity contribution is -0.104. The lowest BCUT2D eigenvalue weighted by Gasteiger charge is -1.87. The largest absolute Gasteiger partial charge is 0.392 e. The first-order chi connectivity index (χ1) is 5.70. The molecule has 0 saturated carbocycles. The van der Waals surface area contributed by atoms with E-state index in [0.29, 0.717) is 5.57 Å². The van der Waals surface area contributed by atoms with E-state index in [1.807, 2.05) is 6.92 Å². The molecule has 0 amide bonds. The summed E-state index contributed by atoms with van der Waals surface area (Å²) in [6.45, 7) is 3.64. The molecule has 0 saturated heterocycles. The van der Waals surface area contributed by atoms with E-state index in [1.54, 1.807) is 31.2 Å². The highest BCUT2D eigenvalue weighted by atomic mass is 16.3. The third-order valence-electron chi connectivity index (χ3n) is 1.29. The van der Waals surface area contributed by atoms with E-state index in [0.717, 1.165) is 11.9 Å². The highest BCUT2D eigenvalue weighted by Crippen LogP contribution is 1.92. The Morgan fingerprint density at radius 2 is 1.83 bits per heavy atom. The van der Waals surface area contributed by atoms with E-state index in [4.69, 9.17) is 5.11 Å². The van der Waals surface area contributed by atoms with Gasteiger partial charge in [-0.1, -0.05) is 24.3 Å². The first-order valence-electron chi connectivity index (χ1n) is 3.77. The summed E-state index contributed by atoms with van der Waals surface area (Å²) in [5, 5.41) is 8.62. The molecule has 0 aliphatic heterocycles. The van der Waals surface area contributed by atoms with E-state index in [2.05, 4.69) is 0 Å². The molecule has 0 fully saturated rings. The average Bonchev–Trinajstić information content (AvgIpc) is 2.11. The van der Waals surface area contributed by atoms with Gasteiger partial charge in [-0.3, -0.25) is 4.79 Å². The van der Waals surface area contributed by atoms with Crippen LogP contribution < -0.4 is 0 Å². The van der Waals surface area contributed by atoms with Crippen molar-refractivity contribution in [2.24, 2.45) is 0 Å². The van der Waals surface area contributed by atoms with Crippen LogP contribution >= 0.6 is 0 Å². The number of aldehydes is 1. The van der Waals surface area contributed by atoms with Crippen molar-refractivity contribution in [1.29, 1.82) is 0 Å². The monoisotopic (exact) mass is 166 g/mol. The van der Waals surface area contributed by atoms with Crippen molar-refractivity contribution in [3.8, 4) is 0 Å². The summed E-state index contributed by atoms with van der Waals surface area (Å²) in [7, 11) is 0. The molecule has 0 radical (unpaired) electrons. The Morgan fingerprint density at radius 1 is 1.25 bits per heavy atom. The Hall–Kier alpha value is -1.15. The zero-order valence-corrected chi connectivity index (χ0v) is 7.45. The minimum atomic E-state index is 0.0702. The van der Waals surface area contributed by atoms with Gasteiger partial charge in [0.05, 0.1) is 6.61 Å². The van der Waals surface area contributed by atoms with Gasteiger partial charge in [0.15, 0.2) is 0 Å². The van der Waals surface area contributed by atoms with Gasteiger partial charge in [-0.05, 0) is 25.0 Å². The van der Waals surface area contributed by atoms with Crippen LogP contribution in [0.15, 0.2) is 35.5 Å². The van der Waals surface area contributed by atoms with Gasteiger partial charge in [0.1, 0.15) is 6.29 Å². The maximum absolute atomic E-state index is 10.1. The summed E-state index contributed by atoms with van der Waals surface area (Å²) in [6.07, 6.45) is 7.87. The molecule has 0 aromatic heterocycles. The molecule has 0 aliphatic rings. The molecule has 0 rings (SSSR count). The van der Waals surface area contributed by atoms with Crippen LogP contribution in [0.1, 0.15) is 13.8 Å². The van der Waals surface area contributed by atoms with Crippen LogP contribution in [0.4, 0.5) is 0 Å². The number of hydrogen-bond acceptors (Lipinski definition) is 2. The number of aliphatic hydroxyl groups is 1. The van der Waals surface area contributed by atoms with E-state index in [-0.39, 0.29) is 6.61 Å². The van der Waals surface area contributed by atoms with Gasteiger partial charge < -0.3 is 5.11 Å². The molecule has 66 valence electrons. The second-order valence-corrected chi connectivity index (χ2v) is 2.58. The van der Waals surface area contributed by atoms with Crippen molar-refractivity contribution in [2.75, 3.05) is 6.61 Å². The Kier molecular flexibility index (Phi) is 5.93. The average molecular weight is 166 g/mol. The summed E-state index contributed by atoms with van der Waals surface area (Å²) in [5.41, 5.74) is 1.57. The molecule has 2 heteroatoms. The topological polar surface area (TPSA) is 37.3 Å². The molecule has 0 spiro atoms. The van der Waals surface area contributed by atoms with Crippen LogP contribution in [0.2, 0.25) is 0 Å². The quantitative estimate of drug-likeness (QED) is 0.391. The molecule has 12 heavy (non-hydrogen) atoms. The Bertz CT molecular complexity index is 222. The number of rotatable bonds is 4. The number of allylic oxidation sites excluding steroid dienone is 5. The normalized spacial score (nSPS) is 13.9. The molecule has 0 atom stereocenters. The molecule has 0 aromatic rings. The number of aliphatic hydroxyl groups excluding tert-OH is 1. The second-order valence-electron chi connectivity index (χ2n) is 2.58. The zero-order valence-electron chi connectivity index (χ0n) is 7.45. The Labute approximate surface area is 72.9 Å². The molecule has 0 heterocycles. The van der Waals surface area contributed by atoms with Gasteiger partial charge in [-0.15, -0.1) is 0 Å². The zero-order chi connectivity index (χ0) is 9.40. The van der Waals surface area contributed by atoms with Crippen molar-refractivity contribution in [3.63, 3.8) is 0 Å². The maximum Gasteiger partial charge on any atom is 0.145 e. The molecule has 0 aliphatic carbocycles. The number of carbonyl (C=O) groups excluding carboxylic acids is 1. The third kappa shape index (κ3) is 5.62. The van der Waals surface area contributed by atoms with Crippen molar-refractivity contribution in [3.05, 3.63) is 35.5 Å². The van der Waals surface area contributed by atoms with E-state index in [1.165, 1.54) is 0 Å². The van der Waals surface area contributed by atoms with Gasteiger partial charge in [-0.25, -0.2) is 0 Å². The lowest BCUT2D eigenvalue weighted by atomic mass is 10.2. The smallest absolute Gasteiger partial charge is 0.145 e. The molecule has 1 N–H and O–H groups in total. The van der Waals surface area contributed by atoms with Crippen LogP contribution in [0, 0.1) is 0 Å². The molecular formula is C10H14O2. The van der Waals surface area contributed by atoms with Crippen molar-refractivity contribution < 1.29 is 9.90 Å². The highest BCUT2D eigenvalue weighted by molar-refractivity contribution is 5.72. The van der Waals surface area contributed by atoms with Gasteiger partial charge in [0.25, 0.3) is 0 Å². The fourth-order valence-corrected chi connectivity index (χ4v) is 0.519. The summed E-state index contributed by atoms with van der Waals surface area (Å²) < 4.78 is 0. The van der Waals surface area contributed by atoms with Crippen molar-refractivity contribution in [2.45, 2.75) is 13.8 Å². The lowest BCUT2D eigenvalue weighted by Crippen LogP contribution is -1.80. The van der Waals surface area contributed by atoms with Crippen LogP contribution in [-0.2, 0) is 4.79 Å². The first-order valence-corrected chi connectivity index (χ1v) is 3.77. The van der Waals surface area contributed by atoms with E-state index >= 15 is 0 Å². The predicted octanol–water partition coefficient (Wildman–Crippen LogP) is 1.63. The molecule has 0 aromatic carbocycles. The third-order valence-corrected chi connectivity index (χ3v) is 1.29. The minimum Gasteiger partial charge on any atom is -0.392 e. The fraction of sp³-hybridized carbons (Fsp3) is 0.300. The van der Waals surface area contributed by atoms with Gasteiger partial charge >= 0.3 is 0 Å². The van der Waals surface area contributed by atoms with Gasteiger partial charge in [-0.2, -0.15) is 0 Å². The predicted molar refractivity (Wildman–Crippen MR) is 49.8 cm³/mol. The maximum atomic E-state index is 10.1. The van der Waals surface area contributed by atoms with Gasteiger partial charge in [0, 0.05) is 0 Å². The first kappa shape index (κ1) is 10.8. The fourth-order valence-electron chi connectivity index (χ4n) is 0.519. The second kappa shape index (κ2) is 6.55. The molecule has 0 unspecified atom stereocenters. The van der Waals surface area contributed by atoms with Gasteiger partial charge in [0.2, 0.25) is 0 Å². The van der Waals surface area contributed by atoms with Crippen molar-refractivity contribution >= 4 is 6.29 Å². The van der Waals surface area contributed by atoms with E-state index < -0.39 is 0 Å². The molecule has 0 bridgehead atoms. The van der Waals surface area contributed by atoms with Crippen LogP contribution in [-0.4, -0.2) is 18.0 Å². The Balaban J connectivity index is 4.01. The SMILES string of the molecule is CC(C=O)=CC=CC=C(C)CO. The van der Waals surface area contributed by atoms with Crippen molar-refractivity contribution in [1.82, 2.24) is 0 Å².